The van der Waals surface area contributed by atoms with E-state index in [4.69, 9.17) is 10.00 Å². The Kier molecular flexibility index (Phi) is 3.43. The van der Waals surface area contributed by atoms with Gasteiger partial charge in [0.15, 0.2) is 0 Å². The Morgan fingerprint density at radius 1 is 1.44 bits per heavy atom. The molecule has 0 bridgehead atoms. The van der Waals surface area contributed by atoms with E-state index in [0.29, 0.717) is 6.54 Å². The molecule has 0 fully saturated rings. The number of hydrogen-bond donors (Lipinski definition) is 0. The van der Waals surface area contributed by atoms with Crippen LogP contribution in [0.3, 0.4) is 0 Å². The molecule has 1 aliphatic heterocycles. The molecule has 0 saturated heterocycles. The molecule has 0 aliphatic carbocycles. The molecule has 84 valence electrons. The van der Waals surface area contributed by atoms with E-state index in [9.17, 15) is 0 Å². The predicted octanol–water partition coefficient (Wildman–Crippen LogP) is 1.97. The molecule has 0 radical (unpaired) electrons. The fourth-order valence-corrected chi connectivity index (χ4v) is 2.16. The zero-order valence-electron chi connectivity index (χ0n) is 9.57. The van der Waals surface area contributed by atoms with Gasteiger partial charge >= 0.3 is 0 Å². The molecule has 0 N–H and O–H groups in total. The van der Waals surface area contributed by atoms with Gasteiger partial charge in [-0.2, -0.15) is 5.26 Å². The average molecular weight is 216 g/mol. The van der Waals surface area contributed by atoms with E-state index in [0.717, 1.165) is 31.7 Å². The first kappa shape index (κ1) is 11.0. The van der Waals surface area contributed by atoms with Crippen molar-refractivity contribution in [3.63, 3.8) is 0 Å². The molecule has 3 heteroatoms. The first-order valence-corrected chi connectivity index (χ1v) is 5.58. The van der Waals surface area contributed by atoms with Gasteiger partial charge in [-0.15, -0.1) is 0 Å². The highest BCUT2D eigenvalue weighted by Crippen LogP contribution is 2.23. The Bertz CT molecular complexity index is 409. The van der Waals surface area contributed by atoms with Crippen molar-refractivity contribution in [2.24, 2.45) is 0 Å². The molecular weight excluding hydrogens is 200 g/mol. The van der Waals surface area contributed by atoms with E-state index in [-0.39, 0.29) is 0 Å². The lowest BCUT2D eigenvalue weighted by Gasteiger charge is -2.16. The second kappa shape index (κ2) is 5.00. The van der Waals surface area contributed by atoms with Crippen LogP contribution >= 0.6 is 0 Å². The number of rotatable bonds is 2. The van der Waals surface area contributed by atoms with Crippen LogP contribution in [0.2, 0.25) is 0 Å². The van der Waals surface area contributed by atoms with Gasteiger partial charge < -0.3 is 4.74 Å². The van der Waals surface area contributed by atoms with Crippen LogP contribution in [0.5, 0.6) is 5.75 Å². The molecule has 2 rings (SSSR count). The summed E-state index contributed by atoms with van der Waals surface area (Å²) in [6, 6.07) is 8.45. The first-order chi connectivity index (χ1) is 7.83. The highest BCUT2D eigenvalue weighted by molar-refractivity contribution is 5.36. The quantitative estimate of drug-likeness (QED) is 0.709. The van der Waals surface area contributed by atoms with E-state index < -0.39 is 0 Å². The van der Waals surface area contributed by atoms with Crippen molar-refractivity contribution in [3.05, 3.63) is 29.3 Å². The zero-order valence-corrected chi connectivity index (χ0v) is 9.57. The Hall–Kier alpha value is -1.53. The average Bonchev–Trinajstić information content (AvgIpc) is 2.50. The summed E-state index contributed by atoms with van der Waals surface area (Å²) in [7, 11) is 1.69. The second-order valence-electron chi connectivity index (χ2n) is 4.11. The molecule has 0 atom stereocenters. The number of fused-ring (bicyclic) bond motifs is 1. The number of aryl methyl sites for hydroxylation is 1. The Morgan fingerprint density at radius 2 is 2.31 bits per heavy atom. The van der Waals surface area contributed by atoms with Gasteiger partial charge in [-0.1, -0.05) is 6.07 Å². The Morgan fingerprint density at radius 3 is 3.06 bits per heavy atom. The van der Waals surface area contributed by atoms with Gasteiger partial charge in [0.05, 0.1) is 19.7 Å². The lowest BCUT2D eigenvalue weighted by Crippen LogP contribution is -2.23. The van der Waals surface area contributed by atoms with Gasteiger partial charge in [-0.25, -0.2) is 0 Å². The highest BCUT2D eigenvalue weighted by atomic mass is 16.5. The summed E-state index contributed by atoms with van der Waals surface area (Å²) in [6.45, 7) is 2.41. The second-order valence-corrected chi connectivity index (χ2v) is 4.11. The summed E-state index contributed by atoms with van der Waals surface area (Å²) in [4.78, 5) is 2.19. The number of methoxy groups -OCH3 is 1. The summed E-state index contributed by atoms with van der Waals surface area (Å²) in [6.07, 6.45) is 2.19. The van der Waals surface area contributed by atoms with Gasteiger partial charge in [0.2, 0.25) is 0 Å². The Labute approximate surface area is 96.2 Å². The molecule has 1 aromatic carbocycles. The van der Waals surface area contributed by atoms with Crippen molar-refractivity contribution in [2.45, 2.75) is 19.4 Å². The summed E-state index contributed by atoms with van der Waals surface area (Å²) in [5, 5.41) is 8.73. The van der Waals surface area contributed by atoms with Crippen molar-refractivity contribution < 1.29 is 4.74 Å². The number of nitriles is 1. The summed E-state index contributed by atoms with van der Waals surface area (Å²) in [5.41, 5.74) is 2.69. The van der Waals surface area contributed by atoms with Gasteiger partial charge in [-0.05, 0) is 42.6 Å². The maximum absolute atomic E-state index is 8.73. The van der Waals surface area contributed by atoms with E-state index >= 15 is 0 Å². The molecule has 0 amide bonds. The Balaban J connectivity index is 2.21. The smallest absolute Gasteiger partial charge is 0.119 e. The van der Waals surface area contributed by atoms with Crippen molar-refractivity contribution in [1.82, 2.24) is 4.90 Å². The van der Waals surface area contributed by atoms with Crippen LogP contribution in [0.25, 0.3) is 0 Å². The lowest BCUT2D eigenvalue weighted by atomic mass is 10.0. The third-order valence-electron chi connectivity index (χ3n) is 3.02. The standard InChI is InChI=1S/C13H16N2O/c1-16-13-5-4-12-10-15(8-6-14)7-2-3-11(12)9-13/h4-5,9H,2-3,7-8,10H2,1H3. The molecule has 0 saturated carbocycles. The normalized spacial score (nSPS) is 16.0. The highest BCUT2D eigenvalue weighted by Gasteiger charge is 2.14. The fourth-order valence-electron chi connectivity index (χ4n) is 2.16. The van der Waals surface area contributed by atoms with Crippen LogP contribution in [0, 0.1) is 11.3 Å². The third-order valence-corrected chi connectivity index (χ3v) is 3.02. The molecule has 0 aromatic heterocycles. The molecule has 3 nitrogen and oxygen atoms in total. The van der Waals surface area contributed by atoms with Crippen molar-refractivity contribution >= 4 is 0 Å². The molecule has 1 aromatic rings. The monoisotopic (exact) mass is 216 g/mol. The van der Waals surface area contributed by atoms with Crippen LogP contribution in [-0.2, 0) is 13.0 Å². The van der Waals surface area contributed by atoms with Crippen molar-refractivity contribution in [2.75, 3.05) is 20.2 Å². The molecule has 16 heavy (non-hydrogen) atoms. The topological polar surface area (TPSA) is 36.3 Å². The maximum Gasteiger partial charge on any atom is 0.119 e. The van der Waals surface area contributed by atoms with Gasteiger partial charge in [0.25, 0.3) is 0 Å². The largest absolute Gasteiger partial charge is 0.497 e. The molecule has 1 aliphatic rings. The molecular formula is C13H16N2O. The summed E-state index contributed by atoms with van der Waals surface area (Å²) >= 11 is 0. The lowest BCUT2D eigenvalue weighted by molar-refractivity contribution is 0.302. The molecule has 1 heterocycles. The minimum atomic E-state index is 0.519. The van der Waals surface area contributed by atoms with E-state index in [1.165, 1.54) is 11.1 Å². The van der Waals surface area contributed by atoms with Crippen molar-refractivity contribution in [1.29, 1.82) is 5.26 Å². The first-order valence-electron chi connectivity index (χ1n) is 5.58. The third kappa shape index (κ3) is 2.34. The van der Waals surface area contributed by atoms with E-state index in [2.05, 4.69) is 23.1 Å². The van der Waals surface area contributed by atoms with Crippen LogP contribution in [0.4, 0.5) is 0 Å². The maximum atomic E-state index is 8.73. The van der Waals surface area contributed by atoms with Crippen LogP contribution in [0.1, 0.15) is 17.5 Å². The van der Waals surface area contributed by atoms with Gasteiger partial charge in [0, 0.05) is 6.54 Å². The molecule has 0 unspecified atom stereocenters. The van der Waals surface area contributed by atoms with Crippen molar-refractivity contribution in [3.8, 4) is 11.8 Å². The number of benzene rings is 1. The van der Waals surface area contributed by atoms with Crippen LogP contribution < -0.4 is 4.74 Å². The minimum absolute atomic E-state index is 0.519. The minimum Gasteiger partial charge on any atom is -0.497 e. The van der Waals surface area contributed by atoms with E-state index in [1.807, 2.05) is 6.07 Å². The van der Waals surface area contributed by atoms with Crippen LogP contribution in [-0.4, -0.2) is 25.1 Å². The SMILES string of the molecule is COc1ccc2c(c1)CCCN(CC#N)C2. The summed E-state index contributed by atoms with van der Waals surface area (Å²) < 4.78 is 5.23. The number of nitrogens with zero attached hydrogens (tertiary/aromatic N) is 2. The zero-order chi connectivity index (χ0) is 11.4. The van der Waals surface area contributed by atoms with Crippen LogP contribution in [0.15, 0.2) is 18.2 Å². The van der Waals surface area contributed by atoms with Gasteiger partial charge in [-0.3, -0.25) is 4.90 Å². The number of hydrogen-bond acceptors (Lipinski definition) is 3. The predicted molar refractivity (Wildman–Crippen MR) is 62.2 cm³/mol. The number of ether oxygens (including phenoxy) is 1. The van der Waals surface area contributed by atoms with Gasteiger partial charge in [0.1, 0.15) is 5.75 Å². The molecule has 0 spiro atoms. The summed E-state index contributed by atoms with van der Waals surface area (Å²) in [5.74, 6) is 0.924. The fraction of sp³-hybridized carbons (Fsp3) is 0.462. The van der Waals surface area contributed by atoms with E-state index in [1.54, 1.807) is 7.11 Å².